The van der Waals surface area contributed by atoms with Crippen molar-refractivity contribution in [3.63, 3.8) is 0 Å². The molecule has 0 aliphatic heterocycles. The summed E-state index contributed by atoms with van der Waals surface area (Å²) >= 11 is 0. The first-order valence-corrected chi connectivity index (χ1v) is 4.86. The molecule has 0 N–H and O–H groups in total. The zero-order valence-electron chi connectivity index (χ0n) is 6.77. The smallest absolute Gasteiger partial charge is 0.0210 e. The Balaban J connectivity index is 1.81. The maximum atomic E-state index is 2.48. The highest BCUT2D eigenvalue weighted by Crippen LogP contribution is 2.78. The van der Waals surface area contributed by atoms with Gasteiger partial charge < -0.3 is 0 Å². The first kappa shape index (κ1) is 5.62. The van der Waals surface area contributed by atoms with Crippen LogP contribution in [-0.2, 0) is 0 Å². The summed E-state index contributed by atoms with van der Waals surface area (Å²) in [6, 6.07) is 0. The van der Waals surface area contributed by atoms with Gasteiger partial charge in [-0.05, 0) is 48.9 Å². The molecule has 0 amide bonds. The van der Waals surface area contributed by atoms with Gasteiger partial charge in [0.25, 0.3) is 0 Å². The van der Waals surface area contributed by atoms with Gasteiger partial charge in [0.2, 0.25) is 0 Å². The van der Waals surface area contributed by atoms with Crippen molar-refractivity contribution < 1.29 is 0 Å². The third kappa shape index (κ3) is 0.383. The van der Waals surface area contributed by atoms with Crippen molar-refractivity contribution in [1.82, 2.24) is 0 Å². The average molecular weight is 136 g/mol. The minimum Gasteiger partial charge on any atom is -0.0617 e. The monoisotopic (exact) mass is 136 g/mol. The fourth-order valence-electron chi connectivity index (χ4n) is 3.70. The van der Waals surface area contributed by atoms with Crippen LogP contribution in [0.25, 0.3) is 0 Å². The SMILES string of the molecule is CC1C2CCC12C1CCC1. The molecule has 0 aromatic heterocycles. The minimum absolute atomic E-state index is 0.943. The van der Waals surface area contributed by atoms with Gasteiger partial charge in [-0.2, -0.15) is 0 Å². The van der Waals surface area contributed by atoms with Gasteiger partial charge in [-0.15, -0.1) is 0 Å². The number of hydrogen-bond donors (Lipinski definition) is 0. The van der Waals surface area contributed by atoms with Crippen molar-refractivity contribution in [2.75, 3.05) is 0 Å². The van der Waals surface area contributed by atoms with E-state index in [9.17, 15) is 0 Å². The van der Waals surface area contributed by atoms with Crippen molar-refractivity contribution >= 4 is 0 Å². The van der Waals surface area contributed by atoms with E-state index in [1.807, 2.05) is 0 Å². The molecule has 0 heterocycles. The molecule has 3 saturated carbocycles. The molecule has 0 spiro atoms. The molecule has 0 heteroatoms. The van der Waals surface area contributed by atoms with Gasteiger partial charge in [0.1, 0.15) is 0 Å². The maximum absolute atomic E-state index is 2.48. The van der Waals surface area contributed by atoms with Gasteiger partial charge in [0, 0.05) is 0 Å². The molecule has 10 heavy (non-hydrogen) atoms. The van der Waals surface area contributed by atoms with Crippen LogP contribution in [0.5, 0.6) is 0 Å². The van der Waals surface area contributed by atoms with Crippen LogP contribution in [0.4, 0.5) is 0 Å². The number of hydrogen-bond acceptors (Lipinski definition) is 0. The van der Waals surface area contributed by atoms with Crippen molar-refractivity contribution in [3.8, 4) is 0 Å². The molecule has 0 aromatic rings. The van der Waals surface area contributed by atoms with Crippen molar-refractivity contribution in [1.29, 1.82) is 0 Å². The van der Waals surface area contributed by atoms with Crippen LogP contribution in [0.1, 0.15) is 39.0 Å². The zero-order chi connectivity index (χ0) is 6.77. The maximum Gasteiger partial charge on any atom is -0.0210 e. The Morgan fingerprint density at radius 3 is 2.10 bits per heavy atom. The molecule has 3 aliphatic rings. The molecule has 0 aromatic carbocycles. The quantitative estimate of drug-likeness (QED) is 0.520. The zero-order valence-corrected chi connectivity index (χ0v) is 6.77. The average Bonchev–Trinajstić information content (AvgIpc) is 2.06. The predicted molar refractivity (Wildman–Crippen MR) is 41.7 cm³/mol. The van der Waals surface area contributed by atoms with Crippen LogP contribution in [0.15, 0.2) is 0 Å². The standard InChI is InChI=1S/C10H16/c1-7-9-5-6-10(7,9)8-3-2-4-8/h7-9H,2-6H2,1H3. The molecule has 0 bridgehead atoms. The molecule has 3 aliphatic carbocycles. The second kappa shape index (κ2) is 1.44. The second-order valence-corrected chi connectivity index (χ2v) is 4.67. The first-order chi connectivity index (χ1) is 4.86. The first-order valence-electron chi connectivity index (χ1n) is 4.86. The van der Waals surface area contributed by atoms with Gasteiger partial charge in [-0.3, -0.25) is 0 Å². The van der Waals surface area contributed by atoms with E-state index in [-0.39, 0.29) is 0 Å². The Morgan fingerprint density at radius 2 is 2.00 bits per heavy atom. The molecule has 56 valence electrons. The summed E-state index contributed by atoms with van der Waals surface area (Å²) in [5.41, 5.74) is 0.943. The van der Waals surface area contributed by atoms with Crippen molar-refractivity contribution in [3.05, 3.63) is 0 Å². The van der Waals surface area contributed by atoms with E-state index < -0.39 is 0 Å². The van der Waals surface area contributed by atoms with Crippen molar-refractivity contribution in [2.45, 2.75) is 39.0 Å². The summed E-state index contributed by atoms with van der Waals surface area (Å²) in [7, 11) is 0. The fourth-order valence-corrected chi connectivity index (χ4v) is 3.70. The van der Waals surface area contributed by atoms with Gasteiger partial charge in [-0.1, -0.05) is 13.3 Å². The van der Waals surface area contributed by atoms with E-state index >= 15 is 0 Å². The van der Waals surface area contributed by atoms with Crippen LogP contribution < -0.4 is 0 Å². The third-order valence-electron chi connectivity index (χ3n) is 4.79. The highest BCUT2D eigenvalue weighted by molar-refractivity contribution is 5.19. The molecule has 3 unspecified atom stereocenters. The number of rotatable bonds is 1. The van der Waals surface area contributed by atoms with E-state index in [4.69, 9.17) is 0 Å². The van der Waals surface area contributed by atoms with E-state index in [2.05, 4.69) is 6.92 Å². The Kier molecular flexibility index (Phi) is 0.810. The summed E-state index contributed by atoms with van der Waals surface area (Å²) in [4.78, 5) is 0. The van der Waals surface area contributed by atoms with Crippen LogP contribution in [-0.4, -0.2) is 0 Å². The molecule has 3 rings (SSSR count). The molecule has 0 saturated heterocycles. The van der Waals surface area contributed by atoms with Crippen LogP contribution in [0, 0.1) is 23.2 Å². The molecule has 0 nitrogen and oxygen atoms in total. The molecule has 3 fully saturated rings. The summed E-state index contributed by atoms with van der Waals surface area (Å²) in [6.45, 7) is 2.48. The Bertz CT molecular complexity index is 163. The molecule has 0 radical (unpaired) electrons. The van der Waals surface area contributed by atoms with Gasteiger partial charge in [-0.25, -0.2) is 0 Å². The minimum atomic E-state index is 0.943. The highest BCUT2D eigenvalue weighted by atomic mass is 14.8. The summed E-state index contributed by atoms with van der Waals surface area (Å²) in [5, 5.41) is 0. The lowest BCUT2D eigenvalue weighted by molar-refractivity contribution is 0.102. The van der Waals surface area contributed by atoms with E-state index in [0.717, 1.165) is 11.3 Å². The molecule has 3 atom stereocenters. The Hall–Kier alpha value is 0. The van der Waals surface area contributed by atoms with E-state index in [1.54, 1.807) is 25.7 Å². The normalized spacial score (nSPS) is 58.5. The van der Waals surface area contributed by atoms with Gasteiger partial charge in [0.15, 0.2) is 0 Å². The van der Waals surface area contributed by atoms with Gasteiger partial charge in [0.05, 0.1) is 0 Å². The lowest BCUT2D eigenvalue weighted by atomic mass is 9.65. The summed E-state index contributed by atoms with van der Waals surface area (Å²) < 4.78 is 0. The summed E-state index contributed by atoms with van der Waals surface area (Å²) in [5.74, 6) is 3.50. The topological polar surface area (TPSA) is 0 Å². The molecular formula is C10H16. The number of fused-ring (bicyclic) bond motifs is 1. The van der Waals surface area contributed by atoms with Crippen molar-refractivity contribution in [2.24, 2.45) is 23.2 Å². The van der Waals surface area contributed by atoms with E-state index in [1.165, 1.54) is 18.3 Å². The van der Waals surface area contributed by atoms with Gasteiger partial charge >= 0.3 is 0 Å². The highest BCUT2D eigenvalue weighted by Gasteiger charge is 2.71. The fraction of sp³-hybridized carbons (Fsp3) is 1.00. The lowest BCUT2D eigenvalue weighted by Crippen LogP contribution is -2.30. The van der Waals surface area contributed by atoms with Crippen LogP contribution >= 0.6 is 0 Å². The van der Waals surface area contributed by atoms with E-state index in [0.29, 0.717) is 0 Å². The lowest BCUT2D eigenvalue weighted by Gasteiger charge is -2.40. The third-order valence-corrected chi connectivity index (χ3v) is 4.79. The predicted octanol–water partition coefficient (Wildman–Crippen LogP) is 2.83. The van der Waals surface area contributed by atoms with Crippen LogP contribution in [0.3, 0.4) is 0 Å². The molecular weight excluding hydrogens is 120 g/mol. The Labute approximate surface area is 63.0 Å². The second-order valence-electron chi connectivity index (χ2n) is 4.67. The largest absolute Gasteiger partial charge is 0.0617 e. The summed E-state index contributed by atoms with van der Waals surface area (Å²) in [6.07, 6.45) is 7.83. The van der Waals surface area contributed by atoms with Crippen LogP contribution in [0.2, 0.25) is 0 Å². The Morgan fingerprint density at radius 1 is 1.20 bits per heavy atom.